The van der Waals surface area contributed by atoms with E-state index in [4.69, 9.17) is 16.3 Å². The highest BCUT2D eigenvalue weighted by molar-refractivity contribution is 6.32. The number of amides is 1. The molecule has 0 aliphatic rings. The summed E-state index contributed by atoms with van der Waals surface area (Å²) in [4.78, 5) is 15.9. The minimum absolute atomic E-state index is 0.0344. The molecule has 0 fully saturated rings. The fourth-order valence-electron chi connectivity index (χ4n) is 1.88. The fourth-order valence-corrected chi connectivity index (χ4v) is 1.99. The van der Waals surface area contributed by atoms with Crippen molar-refractivity contribution in [1.82, 2.24) is 10.3 Å². The van der Waals surface area contributed by atoms with Crippen molar-refractivity contribution in [1.29, 1.82) is 0 Å². The van der Waals surface area contributed by atoms with Crippen LogP contribution in [0.3, 0.4) is 0 Å². The van der Waals surface area contributed by atoms with E-state index in [0.717, 1.165) is 21.8 Å². The Morgan fingerprint density at radius 3 is 2.62 bits per heavy atom. The second-order valence-corrected chi connectivity index (χ2v) is 5.14. The molecule has 1 N–H and O–H groups in total. The number of hydrogen-bond donors (Lipinski definition) is 1. The van der Waals surface area contributed by atoms with E-state index in [1.54, 1.807) is 6.20 Å². The van der Waals surface area contributed by atoms with Crippen LogP contribution in [0, 0.1) is 13.8 Å². The van der Waals surface area contributed by atoms with Gasteiger partial charge in [0, 0.05) is 11.2 Å². The largest absolute Gasteiger partial charge is 0.484 e. The van der Waals surface area contributed by atoms with Crippen LogP contribution in [-0.4, -0.2) is 17.5 Å². The zero-order valence-corrected chi connectivity index (χ0v) is 12.8. The molecule has 0 unspecified atom stereocenters. The number of carbonyl (C=O) groups is 1. The average molecular weight is 305 g/mol. The highest BCUT2D eigenvalue weighted by Crippen LogP contribution is 2.25. The number of aromatic nitrogens is 1. The highest BCUT2D eigenvalue weighted by Gasteiger charge is 2.06. The molecule has 2 aromatic rings. The Labute approximate surface area is 129 Å². The van der Waals surface area contributed by atoms with Crippen molar-refractivity contribution in [2.24, 2.45) is 0 Å². The first-order valence-electron chi connectivity index (χ1n) is 6.62. The lowest BCUT2D eigenvalue weighted by atomic mass is 10.1. The Morgan fingerprint density at radius 2 is 2.00 bits per heavy atom. The van der Waals surface area contributed by atoms with E-state index in [-0.39, 0.29) is 12.5 Å². The molecule has 0 aliphatic carbocycles. The van der Waals surface area contributed by atoms with Gasteiger partial charge in [0.15, 0.2) is 6.61 Å². The second kappa shape index (κ2) is 7.09. The van der Waals surface area contributed by atoms with E-state index < -0.39 is 0 Å². The van der Waals surface area contributed by atoms with Gasteiger partial charge in [0.2, 0.25) is 0 Å². The molecular weight excluding hydrogens is 288 g/mol. The van der Waals surface area contributed by atoms with Crippen LogP contribution in [0.5, 0.6) is 5.75 Å². The van der Waals surface area contributed by atoms with Crippen molar-refractivity contribution < 1.29 is 9.53 Å². The summed E-state index contributed by atoms with van der Waals surface area (Å²) in [6.07, 6.45) is 1.69. The van der Waals surface area contributed by atoms with Gasteiger partial charge in [-0.2, -0.15) is 0 Å². The van der Waals surface area contributed by atoms with Crippen LogP contribution < -0.4 is 10.1 Å². The molecule has 0 atom stereocenters. The van der Waals surface area contributed by atoms with E-state index >= 15 is 0 Å². The van der Waals surface area contributed by atoms with Crippen LogP contribution in [0.25, 0.3) is 0 Å². The zero-order chi connectivity index (χ0) is 15.2. The number of nitrogens with zero attached hydrogens (tertiary/aromatic N) is 1. The van der Waals surface area contributed by atoms with Gasteiger partial charge in [0.25, 0.3) is 5.91 Å². The maximum atomic E-state index is 11.7. The summed E-state index contributed by atoms with van der Waals surface area (Å²) in [6, 6.07) is 9.21. The van der Waals surface area contributed by atoms with Crippen molar-refractivity contribution in [2.75, 3.05) is 6.61 Å². The molecule has 1 aromatic heterocycles. The van der Waals surface area contributed by atoms with Crippen LogP contribution in [-0.2, 0) is 11.3 Å². The summed E-state index contributed by atoms with van der Waals surface area (Å²) in [5.74, 6) is 0.452. The normalized spacial score (nSPS) is 10.2. The van der Waals surface area contributed by atoms with Gasteiger partial charge in [-0.1, -0.05) is 17.7 Å². The third kappa shape index (κ3) is 4.46. The number of ether oxygens (including phenoxy) is 1. The smallest absolute Gasteiger partial charge is 0.258 e. The average Bonchev–Trinajstić information content (AvgIpc) is 2.49. The molecule has 0 bridgehead atoms. The Morgan fingerprint density at radius 1 is 1.29 bits per heavy atom. The number of aryl methyl sites for hydroxylation is 2. The molecule has 0 saturated heterocycles. The number of rotatable bonds is 5. The lowest BCUT2D eigenvalue weighted by Gasteiger charge is -2.10. The Bertz CT molecular complexity index is 606. The van der Waals surface area contributed by atoms with Gasteiger partial charge in [-0.15, -0.1) is 0 Å². The molecule has 5 heteroatoms. The minimum atomic E-state index is -0.189. The molecule has 0 aliphatic heterocycles. The zero-order valence-electron chi connectivity index (χ0n) is 12.0. The molecular formula is C16H17ClN2O2. The Kier molecular flexibility index (Phi) is 5.17. The number of halogens is 1. The first-order valence-corrected chi connectivity index (χ1v) is 7.00. The van der Waals surface area contributed by atoms with Crippen LogP contribution in [0.15, 0.2) is 36.5 Å². The monoisotopic (exact) mass is 304 g/mol. The van der Waals surface area contributed by atoms with Crippen molar-refractivity contribution in [2.45, 2.75) is 20.4 Å². The maximum Gasteiger partial charge on any atom is 0.258 e. The molecule has 4 nitrogen and oxygen atoms in total. The van der Waals surface area contributed by atoms with Gasteiger partial charge in [-0.3, -0.25) is 9.78 Å². The second-order valence-electron chi connectivity index (χ2n) is 4.76. The molecule has 0 saturated carbocycles. The standard InChI is InChI=1S/C16H17ClN2O2/c1-11-7-14(8-12(2)16(11)17)21-10-15(20)19-9-13-5-3-4-6-18-13/h3-8H,9-10H2,1-2H3,(H,19,20). The topological polar surface area (TPSA) is 51.2 Å². The fraction of sp³-hybridized carbons (Fsp3) is 0.250. The van der Waals surface area contributed by atoms with Crippen LogP contribution in [0.4, 0.5) is 0 Å². The summed E-state index contributed by atoms with van der Waals surface area (Å²) in [6.45, 7) is 4.17. The third-order valence-corrected chi connectivity index (χ3v) is 3.57. The van der Waals surface area contributed by atoms with Gasteiger partial charge in [0.05, 0.1) is 12.2 Å². The first kappa shape index (κ1) is 15.3. The molecule has 1 amide bonds. The minimum Gasteiger partial charge on any atom is -0.484 e. The van der Waals surface area contributed by atoms with Gasteiger partial charge in [-0.25, -0.2) is 0 Å². The molecule has 0 radical (unpaired) electrons. The van der Waals surface area contributed by atoms with Gasteiger partial charge in [0.1, 0.15) is 5.75 Å². The number of hydrogen-bond acceptors (Lipinski definition) is 3. The van der Waals surface area contributed by atoms with Crippen LogP contribution >= 0.6 is 11.6 Å². The lowest BCUT2D eigenvalue weighted by Crippen LogP contribution is -2.28. The summed E-state index contributed by atoms with van der Waals surface area (Å²) in [7, 11) is 0. The molecule has 0 spiro atoms. The summed E-state index contributed by atoms with van der Waals surface area (Å²) in [5.41, 5.74) is 2.67. The Balaban J connectivity index is 1.84. The predicted molar refractivity (Wildman–Crippen MR) is 82.5 cm³/mol. The van der Waals surface area contributed by atoms with Crippen molar-refractivity contribution >= 4 is 17.5 Å². The SMILES string of the molecule is Cc1cc(OCC(=O)NCc2ccccn2)cc(C)c1Cl. The van der Waals surface area contributed by atoms with Crippen molar-refractivity contribution in [3.05, 3.63) is 58.4 Å². The quantitative estimate of drug-likeness (QED) is 0.923. The number of nitrogens with one attached hydrogen (secondary N) is 1. The summed E-state index contributed by atoms with van der Waals surface area (Å²) < 4.78 is 5.48. The number of pyridine rings is 1. The highest BCUT2D eigenvalue weighted by atomic mass is 35.5. The van der Waals surface area contributed by atoms with E-state index in [0.29, 0.717) is 12.3 Å². The van der Waals surface area contributed by atoms with Crippen LogP contribution in [0.2, 0.25) is 5.02 Å². The molecule has 110 valence electrons. The van der Waals surface area contributed by atoms with Crippen molar-refractivity contribution in [3.8, 4) is 5.75 Å². The summed E-state index contributed by atoms with van der Waals surface area (Å²) in [5, 5.41) is 3.48. The molecule has 1 aromatic carbocycles. The number of carbonyl (C=O) groups excluding carboxylic acids is 1. The molecule has 21 heavy (non-hydrogen) atoms. The Hall–Kier alpha value is -2.07. The van der Waals surface area contributed by atoms with E-state index in [2.05, 4.69) is 10.3 Å². The summed E-state index contributed by atoms with van der Waals surface area (Å²) >= 11 is 6.09. The van der Waals surface area contributed by atoms with E-state index in [9.17, 15) is 4.79 Å². The van der Waals surface area contributed by atoms with Crippen LogP contribution in [0.1, 0.15) is 16.8 Å². The van der Waals surface area contributed by atoms with E-state index in [1.165, 1.54) is 0 Å². The lowest BCUT2D eigenvalue weighted by molar-refractivity contribution is -0.123. The predicted octanol–water partition coefficient (Wildman–Crippen LogP) is 3.05. The van der Waals surface area contributed by atoms with Gasteiger partial charge >= 0.3 is 0 Å². The van der Waals surface area contributed by atoms with E-state index in [1.807, 2.05) is 44.2 Å². The first-order chi connectivity index (χ1) is 10.1. The molecule has 2 rings (SSSR count). The maximum absolute atomic E-state index is 11.7. The van der Waals surface area contributed by atoms with Crippen molar-refractivity contribution in [3.63, 3.8) is 0 Å². The molecule has 1 heterocycles. The number of benzene rings is 1. The third-order valence-electron chi connectivity index (χ3n) is 2.97. The van der Waals surface area contributed by atoms with Gasteiger partial charge in [-0.05, 0) is 49.2 Å². The van der Waals surface area contributed by atoms with Gasteiger partial charge < -0.3 is 10.1 Å².